The first kappa shape index (κ1) is 48.8. The Kier molecular flexibility index (Phi) is 14.0. The van der Waals surface area contributed by atoms with Crippen LogP contribution < -0.4 is 19.6 Å². The van der Waals surface area contributed by atoms with Gasteiger partial charge in [-0.3, -0.25) is 0 Å². The van der Waals surface area contributed by atoms with Crippen LogP contribution in [0.1, 0.15) is 11.1 Å². The van der Waals surface area contributed by atoms with Crippen LogP contribution in [0.4, 0.5) is 68.2 Å². The van der Waals surface area contributed by atoms with Gasteiger partial charge < -0.3 is 19.6 Å². The lowest BCUT2D eigenvalue weighted by molar-refractivity contribution is 1.27. The second kappa shape index (κ2) is 22.4. The van der Waals surface area contributed by atoms with Gasteiger partial charge >= 0.3 is 0 Å². The Labute approximate surface area is 459 Å². The van der Waals surface area contributed by atoms with E-state index in [2.05, 4.69) is 349 Å². The molecule has 0 aliphatic carbocycles. The van der Waals surface area contributed by atoms with Crippen molar-refractivity contribution in [1.82, 2.24) is 0 Å². The first-order valence-corrected chi connectivity index (χ1v) is 26.6. The fraction of sp³-hybridized carbons (Fsp3) is 0.0270. The molecule has 4 nitrogen and oxygen atoms in total. The summed E-state index contributed by atoms with van der Waals surface area (Å²) in [5.74, 6) is 0. The molecule has 0 atom stereocenters. The predicted octanol–water partition coefficient (Wildman–Crippen LogP) is 21.2. The Hall–Kier alpha value is -10.2. The number of hydrogen-bond acceptors (Lipinski definition) is 4. The van der Waals surface area contributed by atoms with Crippen LogP contribution in [0.5, 0.6) is 0 Å². The molecule has 4 heteroatoms. The zero-order valence-electron chi connectivity index (χ0n) is 43.8. The zero-order valence-corrected chi connectivity index (χ0v) is 43.8. The Morgan fingerprint density at radius 1 is 0.141 bits per heavy atom. The summed E-state index contributed by atoms with van der Waals surface area (Å²) in [6, 6.07) is 113. The highest BCUT2D eigenvalue weighted by atomic mass is 15.2. The van der Waals surface area contributed by atoms with Crippen molar-refractivity contribution >= 4 is 68.2 Å². The molecule has 0 saturated carbocycles. The van der Waals surface area contributed by atoms with E-state index < -0.39 is 0 Å². The minimum absolute atomic E-state index is 1.09. The highest BCUT2D eigenvalue weighted by molar-refractivity contribution is 5.84. The van der Waals surface area contributed by atoms with Crippen molar-refractivity contribution in [3.8, 4) is 33.4 Å². The summed E-state index contributed by atoms with van der Waals surface area (Å²) in [6.45, 7) is 4.27. The number of benzene rings is 12. The third kappa shape index (κ3) is 10.6. The van der Waals surface area contributed by atoms with Crippen LogP contribution in [0.3, 0.4) is 0 Å². The van der Waals surface area contributed by atoms with Crippen LogP contribution in [0.2, 0.25) is 0 Å². The van der Waals surface area contributed by atoms with Gasteiger partial charge in [0.05, 0.1) is 0 Å². The van der Waals surface area contributed by atoms with E-state index >= 15 is 0 Å². The van der Waals surface area contributed by atoms with Crippen LogP contribution in [-0.2, 0) is 0 Å². The maximum Gasteiger partial charge on any atom is 0.0462 e. The molecule has 0 N–H and O–H groups in total. The minimum atomic E-state index is 1.09. The van der Waals surface area contributed by atoms with Gasteiger partial charge in [-0.25, -0.2) is 0 Å². The van der Waals surface area contributed by atoms with Gasteiger partial charge in [-0.15, -0.1) is 0 Å². The summed E-state index contributed by atoms with van der Waals surface area (Å²) >= 11 is 0. The molecule has 0 unspecified atom stereocenters. The maximum atomic E-state index is 2.34. The van der Waals surface area contributed by atoms with E-state index in [-0.39, 0.29) is 0 Å². The lowest BCUT2D eigenvalue weighted by Crippen LogP contribution is -2.10. The van der Waals surface area contributed by atoms with Crippen molar-refractivity contribution in [2.45, 2.75) is 13.8 Å². The van der Waals surface area contributed by atoms with E-state index in [1.807, 2.05) is 0 Å². The normalized spacial score (nSPS) is 10.9. The molecule has 0 radical (unpaired) electrons. The molecule has 0 aliphatic rings. The van der Waals surface area contributed by atoms with Gasteiger partial charge in [0, 0.05) is 68.2 Å². The van der Waals surface area contributed by atoms with Crippen LogP contribution in [-0.4, -0.2) is 0 Å². The monoisotopic (exact) mass is 1000 g/mol. The van der Waals surface area contributed by atoms with Crippen molar-refractivity contribution in [2.24, 2.45) is 0 Å². The SMILES string of the molecule is Cc1ccc(N(c2ccc(-c3ccc(N(c4ccccc4)c4ccccc4)cc3)cc2)c2ccc(-c3ccc(N(c4ccc(C)cc4)c4ccc(-c5ccc(N(c6ccccc6)c6ccccc6)cc5)cc4)cc3)cc2)cc1. The molecule has 374 valence electrons. The summed E-state index contributed by atoms with van der Waals surface area (Å²) in [6.07, 6.45) is 0. The van der Waals surface area contributed by atoms with Gasteiger partial charge in [-0.1, -0.05) is 181 Å². The number of anilines is 12. The van der Waals surface area contributed by atoms with Crippen LogP contribution in [0.25, 0.3) is 33.4 Å². The Balaban J connectivity index is 0.784. The molecule has 12 rings (SSSR count). The lowest BCUT2D eigenvalue weighted by atomic mass is 10.0. The van der Waals surface area contributed by atoms with Gasteiger partial charge in [0.2, 0.25) is 0 Å². The van der Waals surface area contributed by atoms with Gasteiger partial charge in [-0.2, -0.15) is 0 Å². The van der Waals surface area contributed by atoms with E-state index in [1.54, 1.807) is 0 Å². The molecular weight excluding hydrogens is 945 g/mol. The fourth-order valence-electron chi connectivity index (χ4n) is 10.3. The highest BCUT2D eigenvalue weighted by Crippen LogP contribution is 2.42. The number of hydrogen-bond donors (Lipinski definition) is 0. The molecular formula is C74H58N4. The van der Waals surface area contributed by atoms with E-state index in [0.717, 1.165) is 102 Å². The third-order valence-electron chi connectivity index (χ3n) is 14.4. The number of rotatable bonds is 15. The molecule has 0 bridgehead atoms. The topological polar surface area (TPSA) is 13.0 Å². The van der Waals surface area contributed by atoms with E-state index in [4.69, 9.17) is 0 Å². The van der Waals surface area contributed by atoms with Crippen molar-refractivity contribution in [2.75, 3.05) is 19.6 Å². The van der Waals surface area contributed by atoms with Crippen LogP contribution >= 0.6 is 0 Å². The third-order valence-corrected chi connectivity index (χ3v) is 14.4. The van der Waals surface area contributed by atoms with Gasteiger partial charge in [0.1, 0.15) is 0 Å². The largest absolute Gasteiger partial charge is 0.311 e. The fourth-order valence-corrected chi connectivity index (χ4v) is 10.3. The van der Waals surface area contributed by atoms with Gasteiger partial charge in [0.15, 0.2) is 0 Å². The van der Waals surface area contributed by atoms with Crippen molar-refractivity contribution in [3.63, 3.8) is 0 Å². The summed E-state index contributed by atoms with van der Waals surface area (Å²) in [5, 5.41) is 0. The van der Waals surface area contributed by atoms with E-state index in [0.29, 0.717) is 0 Å². The molecule has 0 saturated heterocycles. The highest BCUT2D eigenvalue weighted by Gasteiger charge is 2.18. The first-order chi connectivity index (χ1) is 38.5. The minimum Gasteiger partial charge on any atom is -0.311 e. The number of nitrogens with zero attached hydrogens (tertiary/aromatic N) is 4. The number of para-hydroxylation sites is 4. The Morgan fingerprint density at radius 2 is 0.269 bits per heavy atom. The number of aryl methyl sites for hydroxylation is 2. The predicted molar refractivity (Wildman–Crippen MR) is 331 cm³/mol. The second-order valence-corrected chi connectivity index (χ2v) is 19.6. The average molecular weight is 1000 g/mol. The molecule has 0 spiro atoms. The molecule has 12 aromatic rings. The Morgan fingerprint density at radius 3 is 0.423 bits per heavy atom. The maximum absolute atomic E-state index is 2.34. The molecule has 0 aromatic heterocycles. The molecule has 78 heavy (non-hydrogen) atoms. The summed E-state index contributed by atoms with van der Waals surface area (Å²) in [7, 11) is 0. The van der Waals surface area contributed by atoms with Crippen molar-refractivity contribution in [1.29, 1.82) is 0 Å². The first-order valence-electron chi connectivity index (χ1n) is 26.6. The zero-order chi connectivity index (χ0) is 52.6. The van der Waals surface area contributed by atoms with Gasteiger partial charge in [0.25, 0.3) is 0 Å². The van der Waals surface area contributed by atoms with Crippen molar-refractivity contribution in [3.05, 3.63) is 327 Å². The molecule has 0 fully saturated rings. The molecule has 12 aromatic carbocycles. The van der Waals surface area contributed by atoms with E-state index in [9.17, 15) is 0 Å². The smallest absolute Gasteiger partial charge is 0.0462 e. The van der Waals surface area contributed by atoms with Crippen LogP contribution in [0, 0.1) is 13.8 Å². The molecule has 0 amide bonds. The quantitative estimate of drug-likeness (QED) is 0.101. The second-order valence-electron chi connectivity index (χ2n) is 19.6. The Bertz CT molecular complexity index is 3490. The summed E-state index contributed by atoms with van der Waals surface area (Å²) in [5.41, 5.74) is 22.7. The standard InChI is InChI=1S/C74H58N4/c1-55-23-39-67(40-24-55)77(71-47-31-59(32-48-71)57-27-43-69(44-28-57)75(63-15-7-3-8-16-63)64-17-9-4-10-18-64)73-51-35-61(36-52-73)62-37-53-74(54-38-62)78(68-41-25-56(2)26-42-68)72-49-33-60(34-50-72)58-29-45-70(46-30-58)76(65-19-11-5-12-20-65)66-21-13-6-14-22-66/h3-54H,1-2H3. The molecule has 0 heterocycles. The van der Waals surface area contributed by atoms with Crippen LogP contribution in [0.15, 0.2) is 315 Å². The lowest BCUT2D eigenvalue weighted by Gasteiger charge is -2.27. The van der Waals surface area contributed by atoms with Gasteiger partial charge in [-0.05, 0) is 193 Å². The molecule has 0 aliphatic heterocycles. The summed E-state index contributed by atoms with van der Waals surface area (Å²) in [4.78, 5) is 9.26. The van der Waals surface area contributed by atoms with E-state index in [1.165, 1.54) is 11.1 Å². The average Bonchev–Trinajstić information content (AvgIpc) is 3.55. The summed E-state index contributed by atoms with van der Waals surface area (Å²) < 4.78 is 0. The van der Waals surface area contributed by atoms with Crippen molar-refractivity contribution < 1.29 is 0 Å².